The average Bonchev–Trinajstić information content (AvgIpc) is 2.72. The van der Waals surface area contributed by atoms with Crippen molar-refractivity contribution in [1.82, 2.24) is 10.3 Å². The van der Waals surface area contributed by atoms with Crippen LogP contribution in [0.4, 0.5) is 0 Å². The zero-order valence-electron chi connectivity index (χ0n) is 9.52. The molecule has 5 nitrogen and oxygen atoms in total. The summed E-state index contributed by atoms with van der Waals surface area (Å²) in [6, 6.07) is 0. The lowest BCUT2D eigenvalue weighted by Gasteiger charge is -2.41. The van der Waals surface area contributed by atoms with Crippen molar-refractivity contribution < 1.29 is 14.7 Å². The van der Waals surface area contributed by atoms with E-state index in [2.05, 4.69) is 10.3 Å². The summed E-state index contributed by atoms with van der Waals surface area (Å²) >= 11 is 0.974. The van der Waals surface area contributed by atoms with E-state index >= 15 is 0 Å². The van der Waals surface area contributed by atoms with Gasteiger partial charge >= 0.3 is 5.97 Å². The highest BCUT2D eigenvalue weighted by Crippen LogP contribution is 2.34. The summed E-state index contributed by atoms with van der Waals surface area (Å²) < 4.78 is 0. The minimum absolute atomic E-state index is 0.0469. The summed E-state index contributed by atoms with van der Waals surface area (Å²) in [5, 5.41) is 13.1. The largest absolute Gasteiger partial charge is 0.476 e. The standard InChI is InChI=1S/C11H14N2O3S/c1-2-11(4-3-5-11)13-8(14)7-6-17-9(12-7)10(15)16/h6H,2-5H2,1H3,(H,13,14)(H,15,16). The third-order valence-electron chi connectivity index (χ3n) is 3.29. The summed E-state index contributed by atoms with van der Waals surface area (Å²) in [6.07, 6.45) is 4.01. The van der Waals surface area contributed by atoms with Crippen LogP contribution in [0.2, 0.25) is 0 Å². The van der Waals surface area contributed by atoms with E-state index in [1.54, 1.807) is 0 Å². The van der Waals surface area contributed by atoms with Gasteiger partial charge in [0.2, 0.25) is 5.01 Å². The third kappa shape index (κ3) is 2.31. The van der Waals surface area contributed by atoms with Gasteiger partial charge in [-0.15, -0.1) is 11.3 Å². The molecule has 17 heavy (non-hydrogen) atoms. The van der Waals surface area contributed by atoms with Crippen molar-refractivity contribution in [3.63, 3.8) is 0 Å². The zero-order chi connectivity index (χ0) is 12.5. The molecule has 0 spiro atoms. The third-order valence-corrected chi connectivity index (χ3v) is 4.12. The van der Waals surface area contributed by atoms with Crippen LogP contribution in [0.3, 0.4) is 0 Å². The number of thiazole rings is 1. The number of aromatic carboxylic acids is 1. The number of nitrogens with zero attached hydrogens (tertiary/aromatic N) is 1. The molecule has 92 valence electrons. The quantitative estimate of drug-likeness (QED) is 0.860. The summed E-state index contributed by atoms with van der Waals surface area (Å²) in [4.78, 5) is 26.3. The molecule has 0 radical (unpaired) electrons. The highest BCUT2D eigenvalue weighted by Gasteiger charge is 2.37. The van der Waals surface area contributed by atoms with Crippen molar-refractivity contribution in [1.29, 1.82) is 0 Å². The highest BCUT2D eigenvalue weighted by molar-refractivity contribution is 7.11. The molecule has 1 saturated carbocycles. The Morgan fingerprint density at radius 3 is 2.71 bits per heavy atom. The van der Waals surface area contributed by atoms with Crippen LogP contribution in [0.25, 0.3) is 0 Å². The second-order valence-electron chi connectivity index (χ2n) is 4.28. The van der Waals surface area contributed by atoms with Gasteiger partial charge in [0.05, 0.1) is 0 Å². The number of carbonyl (C=O) groups is 2. The number of rotatable bonds is 4. The Balaban J connectivity index is 2.06. The van der Waals surface area contributed by atoms with Crippen LogP contribution in [0.5, 0.6) is 0 Å². The minimum atomic E-state index is -1.09. The molecule has 1 aliphatic carbocycles. The maximum atomic E-state index is 11.9. The molecule has 1 heterocycles. The molecule has 0 bridgehead atoms. The van der Waals surface area contributed by atoms with Crippen molar-refractivity contribution in [3.05, 3.63) is 16.1 Å². The van der Waals surface area contributed by atoms with E-state index in [0.717, 1.165) is 37.0 Å². The zero-order valence-corrected chi connectivity index (χ0v) is 10.3. The van der Waals surface area contributed by atoms with Crippen molar-refractivity contribution in [2.75, 3.05) is 0 Å². The lowest BCUT2D eigenvalue weighted by atomic mass is 9.75. The number of aromatic nitrogens is 1. The molecule has 0 aliphatic heterocycles. The topological polar surface area (TPSA) is 79.3 Å². The Labute approximate surface area is 103 Å². The molecule has 2 N–H and O–H groups in total. The van der Waals surface area contributed by atoms with Gasteiger partial charge in [-0.05, 0) is 25.7 Å². The number of hydrogen-bond acceptors (Lipinski definition) is 4. The predicted octanol–water partition coefficient (Wildman–Crippen LogP) is 1.90. The first-order valence-electron chi connectivity index (χ1n) is 5.58. The van der Waals surface area contributed by atoms with Crippen LogP contribution in [0.15, 0.2) is 5.38 Å². The van der Waals surface area contributed by atoms with Crippen LogP contribution in [0, 0.1) is 0 Å². The minimum Gasteiger partial charge on any atom is -0.476 e. The van der Waals surface area contributed by atoms with Crippen molar-refractivity contribution >= 4 is 23.2 Å². The molecular weight excluding hydrogens is 240 g/mol. The Morgan fingerprint density at radius 1 is 1.59 bits per heavy atom. The fourth-order valence-electron chi connectivity index (χ4n) is 1.95. The Morgan fingerprint density at radius 2 is 2.29 bits per heavy atom. The van der Waals surface area contributed by atoms with Gasteiger partial charge in [0, 0.05) is 10.9 Å². The van der Waals surface area contributed by atoms with E-state index in [1.807, 2.05) is 6.92 Å². The fraction of sp³-hybridized carbons (Fsp3) is 0.545. The monoisotopic (exact) mass is 254 g/mol. The summed E-state index contributed by atoms with van der Waals surface area (Å²) in [5.74, 6) is -1.36. The van der Waals surface area contributed by atoms with E-state index < -0.39 is 5.97 Å². The molecule has 0 unspecified atom stereocenters. The maximum Gasteiger partial charge on any atom is 0.365 e. The maximum absolute atomic E-state index is 11.9. The number of nitrogens with one attached hydrogen (secondary N) is 1. The highest BCUT2D eigenvalue weighted by atomic mass is 32.1. The van der Waals surface area contributed by atoms with Crippen LogP contribution in [0.1, 0.15) is 52.9 Å². The van der Waals surface area contributed by atoms with Crippen LogP contribution in [-0.2, 0) is 0 Å². The number of carboxylic acid groups (broad SMARTS) is 1. The molecule has 1 aromatic heterocycles. The lowest BCUT2D eigenvalue weighted by Crippen LogP contribution is -2.53. The Kier molecular flexibility index (Phi) is 3.15. The van der Waals surface area contributed by atoms with E-state index in [1.165, 1.54) is 5.38 Å². The van der Waals surface area contributed by atoms with E-state index in [0.29, 0.717) is 0 Å². The summed E-state index contributed by atoms with van der Waals surface area (Å²) in [5.41, 5.74) is 0.108. The molecule has 0 saturated heterocycles. The Bertz CT molecular complexity index is 446. The summed E-state index contributed by atoms with van der Waals surface area (Å²) in [6.45, 7) is 2.04. The van der Waals surface area contributed by atoms with Gasteiger partial charge < -0.3 is 10.4 Å². The number of hydrogen-bond donors (Lipinski definition) is 2. The summed E-state index contributed by atoms with van der Waals surface area (Å²) in [7, 11) is 0. The lowest BCUT2D eigenvalue weighted by molar-refractivity contribution is 0.0696. The smallest absolute Gasteiger partial charge is 0.365 e. The second-order valence-corrected chi connectivity index (χ2v) is 5.14. The molecule has 1 amide bonds. The van der Waals surface area contributed by atoms with Gasteiger partial charge in [0.1, 0.15) is 5.69 Å². The van der Waals surface area contributed by atoms with Gasteiger partial charge in [-0.2, -0.15) is 0 Å². The van der Waals surface area contributed by atoms with Gasteiger partial charge in [0.15, 0.2) is 0 Å². The average molecular weight is 254 g/mol. The van der Waals surface area contributed by atoms with Crippen LogP contribution >= 0.6 is 11.3 Å². The molecule has 1 aliphatic rings. The van der Waals surface area contributed by atoms with Gasteiger partial charge in [0.25, 0.3) is 5.91 Å². The number of amides is 1. The van der Waals surface area contributed by atoms with E-state index in [9.17, 15) is 9.59 Å². The molecule has 2 rings (SSSR count). The van der Waals surface area contributed by atoms with Crippen molar-refractivity contribution in [3.8, 4) is 0 Å². The normalized spacial score (nSPS) is 17.2. The van der Waals surface area contributed by atoms with Gasteiger partial charge in [-0.25, -0.2) is 9.78 Å². The van der Waals surface area contributed by atoms with Crippen molar-refractivity contribution in [2.45, 2.75) is 38.1 Å². The molecule has 1 aromatic rings. The molecule has 6 heteroatoms. The molecule has 1 fully saturated rings. The number of carboxylic acids is 1. The Hall–Kier alpha value is -1.43. The first-order valence-corrected chi connectivity index (χ1v) is 6.45. The van der Waals surface area contributed by atoms with Crippen LogP contribution in [-0.4, -0.2) is 27.5 Å². The first-order chi connectivity index (χ1) is 8.06. The van der Waals surface area contributed by atoms with Crippen LogP contribution < -0.4 is 5.32 Å². The fourth-order valence-corrected chi connectivity index (χ4v) is 2.59. The van der Waals surface area contributed by atoms with E-state index in [4.69, 9.17) is 5.11 Å². The second kappa shape index (κ2) is 4.44. The number of carbonyl (C=O) groups excluding carboxylic acids is 1. The molecule has 0 atom stereocenters. The SMILES string of the molecule is CCC1(NC(=O)c2csc(C(=O)O)n2)CCC1. The van der Waals surface area contributed by atoms with Gasteiger partial charge in [-0.1, -0.05) is 6.92 Å². The predicted molar refractivity (Wildman–Crippen MR) is 63.4 cm³/mol. The molecule has 0 aromatic carbocycles. The molecular formula is C11H14N2O3S. The van der Waals surface area contributed by atoms with Gasteiger partial charge in [-0.3, -0.25) is 4.79 Å². The van der Waals surface area contributed by atoms with Crippen molar-refractivity contribution in [2.24, 2.45) is 0 Å². The first kappa shape index (κ1) is 12.0. The van der Waals surface area contributed by atoms with E-state index in [-0.39, 0.29) is 22.1 Å².